The van der Waals surface area contributed by atoms with Crippen LogP contribution in [0.3, 0.4) is 0 Å². The third kappa shape index (κ3) is 4.11. The van der Waals surface area contributed by atoms with Crippen molar-refractivity contribution in [2.75, 3.05) is 4.90 Å². The Hall–Kier alpha value is -5.58. The van der Waals surface area contributed by atoms with Crippen LogP contribution in [0.15, 0.2) is 164 Å². The average molecular weight is 620 g/mol. The Morgan fingerprint density at radius 3 is 1.68 bits per heavy atom. The second-order valence-electron chi connectivity index (χ2n) is 13.1. The Balaban J connectivity index is 1.42. The van der Waals surface area contributed by atoms with Crippen molar-refractivity contribution in [3.63, 3.8) is 0 Å². The fraction of sp³-hybridized carbons (Fsp3) is 0.0698. The minimum atomic E-state index is -2.95. The van der Waals surface area contributed by atoms with Crippen LogP contribution in [-0.4, -0.2) is 18.0 Å². The quantitative estimate of drug-likeness (QED) is 0.187. The smallest absolute Gasteiger partial charge is 0.223 e. The fourth-order valence-electron chi connectivity index (χ4n) is 7.83. The minimum absolute atomic E-state index is 0.169. The van der Waals surface area contributed by atoms with E-state index in [4.69, 9.17) is 9.97 Å². The van der Waals surface area contributed by atoms with Crippen LogP contribution < -0.4 is 25.9 Å². The molecule has 0 atom stereocenters. The van der Waals surface area contributed by atoms with Gasteiger partial charge < -0.3 is 4.90 Å². The largest absolute Gasteiger partial charge is 0.310 e. The number of aromatic nitrogens is 2. The number of anilines is 3. The summed E-state index contributed by atoms with van der Waals surface area (Å²) in [6, 6.07) is 59.6. The van der Waals surface area contributed by atoms with Crippen molar-refractivity contribution in [3.8, 4) is 22.5 Å². The van der Waals surface area contributed by atoms with Gasteiger partial charge in [0.1, 0.15) is 0 Å². The molecule has 224 valence electrons. The summed E-state index contributed by atoms with van der Waals surface area (Å²) in [5.74, 6) is 0. The van der Waals surface area contributed by atoms with Crippen LogP contribution in [0.5, 0.6) is 0 Å². The topological polar surface area (TPSA) is 29.0 Å². The number of hydrogen-bond donors (Lipinski definition) is 0. The monoisotopic (exact) mass is 619 g/mol. The van der Waals surface area contributed by atoms with E-state index in [1.165, 1.54) is 32.9 Å². The van der Waals surface area contributed by atoms with E-state index in [2.05, 4.69) is 183 Å². The predicted octanol–water partition coefficient (Wildman–Crippen LogP) is 7.61. The maximum atomic E-state index is 5.60. The first-order chi connectivity index (χ1) is 23.0. The molecular formula is C43H33N3Si. The van der Waals surface area contributed by atoms with Crippen molar-refractivity contribution in [3.05, 3.63) is 175 Å². The zero-order valence-electron chi connectivity index (χ0n) is 26.4. The van der Waals surface area contributed by atoms with Gasteiger partial charge in [-0.1, -0.05) is 129 Å². The molecule has 0 unspecified atom stereocenters. The summed E-state index contributed by atoms with van der Waals surface area (Å²) in [7, 11) is -2.95. The average Bonchev–Trinajstić information content (AvgIpc) is 3.13. The summed E-state index contributed by atoms with van der Waals surface area (Å²) in [6.45, 7) is 4.68. The van der Waals surface area contributed by atoms with Crippen LogP contribution in [0.4, 0.5) is 17.1 Å². The van der Waals surface area contributed by atoms with Gasteiger partial charge in [-0.2, -0.15) is 0 Å². The van der Waals surface area contributed by atoms with Crippen molar-refractivity contribution in [2.24, 2.45) is 0 Å². The molecule has 0 amide bonds. The molecule has 9 rings (SSSR count). The van der Waals surface area contributed by atoms with Crippen molar-refractivity contribution >= 4 is 46.1 Å². The SMILES string of the molecule is CC1(C)c2ccccc2N2c3cccc(c3)-c3cccc(n3)[Si](c3ccccc3)(c3ccccc3)c3cccc(n3)-c3ccc1c2c3. The lowest BCUT2D eigenvalue weighted by atomic mass is 9.73. The number of pyridine rings is 2. The van der Waals surface area contributed by atoms with Crippen LogP contribution in [0.1, 0.15) is 25.0 Å². The second kappa shape index (κ2) is 10.5. The van der Waals surface area contributed by atoms with Gasteiger partial charge in [-0.3, -0.25) is 9.97 Å². The van der Waals surface area contributed by atoms with Gasteiger partial charge in [-0.15, -0.1) is 0 Å². The molecule has 0 spiro atoms. The normalized spacial score (nSPS) is 14.9. The number of fused-ring (bicyclic) bond motifs is 12. The van der Waals surface area contributed by atoms with E-state index in [1.54, 1.807) is 0 Å². The molecule has 0 saturated heterocycles. The maximum Gasteiger partial charge on any atom is 0.223 e. The highest BCUT2D eigenvalue weighted by Crippen LogP contribution is 2.52. The van der Waals surface area contributed by atoms with Gasteiger partial charge >= 0.3 is 0 Å². The van der Waals surface area contributed by atoms with Crippen molar-refractivity contribution in [2.45, 2.75) is 19.3 Å². The zero-order chi connectivity index (χ0) is 31.6. The number of benzene rings is 5. The summed E-state index contributed by atoms with van der Waals surface area (Å²) < 4.78 is 0. The van der Waals surface area contributed by atoms with E-state index in [-0.39, 0.29) is 5.41 Å². The molecule has 0 fully saturated rings. The number of hydrogen-bond acceptors (Lipinski definition) is 3. The molecule has 3 nitrogen and oxygen atoms in total. The standard InChI is InChI=1S/C43H33N3Si/c1-43(2)35-20-9-10-23-39(35)46-32-15-11-14-30(28-32)37-21-12-24-41(44-37)47(33-16-5-3-6-17-33,34-18-7-4-8-19-34)42-25-13-22-38(45-42)31-26-27-36(43)40(46)29-31/h3-29H,1-2H3. The van der Waals surface area contributed by atoms with Gasteiger partial charge in [0.05, 0.1) is 22.8 Å². The van der Waals surface area contributed by atoms with Gasteiger partial charge in [0.2, 0.25) is 8.07 Å². The Morgan fingerprint density at radius 2 is 1.02 bits per heavy atom. The van der Waals surface area contributed by atoms with Gasteiger partial charge in [0.25, 0.3) is 0 Å². The third-order valence-corrected chi connectivity index (χ3v) is 14.6. The molecule has 2 aliphatic heterocycles. The van der Waals surface area contributed by atoms with Crippen LogP contribution in [-0.2, 0) is 5.41 Å². The Bertz CT molecular complexity index is 2260. The highest BCUT2D eigenvalue weighted by atomic mass is 28.3. The van der Waals surface area contributed by atoms with E-state index >= 15 is 0 Å². The molecule has 0 radical (unpaired) electrons. The third-order valence-electron chi connectivity index (χ3n) is 10.1. The molecule has 0 aliphatic carbocycles. The lowest BCUT2D eigenvalue weighted by Crippen LogP contribution is -2.76. The van der Waals surface area contributed by atoms with Gasteiger partial charge in [0.15, 0.2) is 0 Å². The molecule has 2 aromatic heterocycles. The summed E-state index contributed by atoms with van der Waals surface area (Å²) in [4.78, 5) is 13.6. The summed E-state index contributed by atoms with van der Waals surface area (Å²) in [5.41, 5.74) is 10.1. The highest BCUT2D eigenvalue weighted by Gasteiger charge is 2.45. The van der Waals surface area contributed by atoms with E-state index in [1.807, 2.05) is 0 Å². The van der Waals surface area contributed by atoms with Crippen molar-refractivity contribution < 1.29 is 0 Å². The predicted molar refractivity (Wildman–Crippen MR) is 197 cm³/mol. The molecule has 7 aromatic rings. The molecule has 0 saturated carbocycles. The Kier molecular flexibility index (Phi) is 6.18. The number of para-hydroxylation sites is 1. The molecular weight excluding hydrogens is 587 g/mol. The van der Waals surface area contributed by atoms with Crippen molar-refractivity contribution in [1.82, 2.24) is 9.97 Å². The number of rotatable bonds is 2. The second-order valence-corrected chi connectivity index (χ2v) is 16.7. The fourth-order valence-corrected chi connectivity index (χ4v) is 12.3. The van der Waals surface area contributed by atoms with Gasteiger partial charge in [0, 0.05) is 32.9 Å². The number of nitrogens with zero attached hydrogens (tertiary/aromatic N) is 3. The molecule has 4 heteroatoms. The first kappa shape index (κ1) is 27.7. The van der Waals surface area contributed by atoms with E-state index in [0.717, 1.165) is 38.8 Å². The molecule has 4 heterocycles. The molecule has 8 bridgehead atoms. The summed E-state index contributed by atoms with van der Waals surface area (Å²) >= 11 is 0. The van der Waals surface area contributed by atoms with Crippen LogP contribution in [0.2, 0.25) is 0 Å². The summed E-state index contributed by atoms with van der Waals surface area (Å²) in [5, 5.41) is 4.66. The summed E-state index contributed by atoms with van der Waals surface area (Å²) in [6.07, 6.45) is 0. The lowest BCUT2D eigenvalue weighted by molar-refractivity contribution is 0.632. The van der Waals surface area contributed by atoms with E-state index < -0.39 is 8.07 Å². The first-order valence-electron chi connectivity index (χ1n) is 16.3. The van der Waals surface area contributed by atoms with Gasteiger partial charge in [-0.25, -0.2) is 0 Å². The van der Waals surface area contributed by atoms with Crippen LogP contribution in [0, 0.1) is 0 Å². The van der Waals surface area contributed by atoms with E-state index in [9.17, 15) is 0 Å². The lowest BCUT2D eigenvalue weighted by Gasteiger charge is -2.42. The van der Waals surface area contributed by atoms with Crippen LogP contribution in [0.25, 0.3) is 22.5 Å². The van der Waals surface area contributed by atoms with E-state index in [0.29, 0.717) is 0 Å². The Morgan fingerprint density at radius 1 is 0.468 bits per heavy atom. The van der Waals surface area contributed by atoms with Crippen LogP contribution >= 0.6 is 0 Å². The molecule has 2 aliphatic rings. The molecule has 0 N–H and O–H groups in total. The molecule has 47 heavy (non-hydrogen) atoms. The maximum absolute atomic E-state index is 5.60. The van der Waals surface area contributed by atoms with Crippen molar-refractivity contribution in [1.29, 1.82) is 0 Å². The molecule has 5 aromatic carbocycles. The van der Waals surface area contributed by atoms with Gasteiger partial charge in [-0.05, 0) is 70.0 Å². The first-order valence-corrected chi connectivity index (χ1v) is 18.3. The minimum Gasteiger partial charge on any atom is -0.310 e. The zero-order valence-corrected chi connectivity index (χ0v) is 27.4. The Labute approximate surface area is 276 Å². The highest BCUT2D eigenvalue weighted by molar-refractivity contribution is 7.19.